The lowest BCUT2D eigenvalue weighted by molar-refractivity contribution is 0.286. The first kappa shape index (κ1) is 12.6. The fraction of sp³-hybridized carbons (Fsp3) is 0.500. The van der Waals surface area contributed by atoms with E-state index in [1.54, 1.807) is 13.2 Å². The van der Waals surface area contributed by atoms with Crippen LogP contribution in [0.4, 0.5) is 5.95 Å². The van der Waals surface area contributed by atoms with Gasteiger partial charge in [0.1, 0.15) is 5.52 Å². The van der Waals surface area contributed by atoms with Crippen molar-refractivity contribution in [2.45, 2.75) is 19.5 Å². The van der Waals surface area contributed by atoms with Crippen molar-refractivity contribution >= 4 is 17.1 Å². The summed E-state index contributed by atoms with van der Waals surface area (Å²) in [6.07, 6.45) is 0. The molecule has 6 heteroatoms. The molecular weight excluding hydrogens is 230 g/mol. The van der Waals surface area contributed by atoms with E-state index in [0.717, 1.165) is 17.7 Å². The Morgan fingerprint density at radius 1 is 1.39 bits per heavy atom. The highest BCUT2D eigenvalue weighted by Crippen LogP contribution is 2.20. The third-order valence-electron chi connectivity index (χ3n) is 3.13. The Hall–Kier alpha value is -1.82. The van der Waals surface area contributed by atoms with Crippen molar-refractivity contribution in [1.29, 1.82) is 0 Å². The summed E-state index contributed by atoms with van der Waals surface area (Å²) in [5.41, 5.74) is 7.50. The molecule has 6 nitrogen and oxygen atoms in total. The van der Waals surface area contributed by atoms with Crippen LogP contribution in [0, 0.1) is 0 Å². The molecule has 0 saturated carbocycles. The van der Waals surface area contributed by atoms with E-state index in [2.05, 4.69) is 21.8 Å². The van der Waals surface area contributed by atoms with Crippen LogP contribution in [0.15, 0.2) is 12.1 Å². The van der Waals surface area contributed by atoms with E-state index in [1.807, 2.05) is 24.7 Å². The molecule has 0 amide bonds. The number of nitrogens with two attached hydrogens (primary N) is 1. The molecule has 2 aromatic rings. The zero-order chi connectivity index (χ0) is 13.3. The maximum Gasteiger partial charge on any atom is 0.215 e. The van der Waals surface area contributed by atoms with Crippen LogP contribution in [0.1, 0.15) is 6.92 Å². The van der Waals surface area contributed by atoms with Crippen molar-refractivity contribution in [3.05, 3.63) is 12.1 Å². The second-order valence-corrected chi connectivity index (χ2v) is 4.59. The van der Waals surface area contributed by atoms with Crippen molar-refractivity contribution in [3.63, 3.8) is 0 Å². The van der Waals surface area contributed by atoms with Crippen LogP contribution in [0.25, 0.3) is 11.2 Å². The quantitative estimate of drug-likeness (QED) is 0.874. The lowest BCUT2D eigenvalue weighted by Gasteiger charge is -2.20. The molecule has 0 aliphatic carbocycles. The van der Waals surface area contributed by atoms with Crippen LogP contribution in [0.2, 0.25) is 0 Å². The van der Waals surface area contributed by atoms with Crippen molar-refractivity contribution in [2.24, 2.45) is 0 Å². The minimum absolute atomic E-state index is 0.345. The predicted octanol–water partition coefficient (Wildman–Crippen LogP) is 0.972. The maximum absolute atomic E-state index is 5.95. The molecule has 0 radical (unpaired) electrons. The smallest absolute Gasteiger partial charge is 0.215 e. The fourth-order valence-electron chi connectivity index (χ4n) is 1.72. The number of imidazole rings is 1. The highest BCUT2D eigenvalue weighted by atomic mass is 16.5. The van der Waals surface area contributed by atoms with Gasteiger partial charge in [0.2, 0.25) is 11.8 Å². The largest absolute Gasteiger partial charge is 0.481 e. The molecule has 2 aromatic heterocycles. The standard InChI is InChI=1S/C12H19N5O/c1-8(16(2)3)7-17-11-9(14-12(17)13)5-6-10(15-11)18-4/h5-6,8H,7H2,1-4H3,(H2,13,14). The van der Waals surface area contributed by atoms with Crippen molar-refractivity contribution < 1.29 is 4.74 Å². The molecule has 2 rings (SSSR count). The molecule has 2 heterocycles. The Bertz CT molecular complexity index is 549. The van der Waals surface area contributed by atoms with E-state index >= 15 is 0 Å². The molecular formula is C12H19N5O. The van der Waals surface area contributed by atoms with Crippen LogP contribution in [-0.4, -0.2) is 46.7 Å². The molecule has 0 aliphatic heterocycles. The van der Waals surface area contributed by atoms with Crippen LogP contribution in [-0.2, 0) is 6.54 Å². The van der Waals surface area contributed by atoms with Crippen LogP contribution in [0.3, 0.4) is 0 Å². The van der Waals surface area contributed by atoms with Gasteiger partial charge in [0.05, 0.1) is 7.11 Å². The van der Waals surface area contributed by atoms with Gasteiger partial charge in [-0.3, -0.25) is 4.57 Å². The summed E-state index contributed by atoms with van der Waals surface area (Å²) < 4.78 is 7.05. The normalized spacial score (nSPS) is 13.2. The number of hydrogen-bond acceptors (Lipinski definition) is 5. The first-order valence-corrected chi connectivity index (χ1v) is 5.86. The van der Waals surface area contributed by atoms with Gasteiger partial charge >= 0.3 is 0 Å². The number of nitrogens with zero attached hydrogens (tertiary/aromatic N) is 4. The average Bonchev–Trinajstić information content (AvgIpc) is 2.65. The Balaban J connectivity index is 2.44. The van der Waals surface area contributed by atoms with Crippen molar-refractivity contribution in [2.75, 3.05) is 26.9 Å². The zero-order valence-electron chi connectivity index (χ0n) is 11.2. The number of rotatable bonds is 4. The Labute approximate surface area is 106 Å². The molecule has 1 unspecified atom stereocenters. The van der Waals surface area contributed by atoms with Gasteiger partial charge in [0.15, 0.2) is 5.65 Å². The highest BCUT2D eigenvalue weighted by molar-refractivity contribution is 5.74. The topological polar surface area (TPSA) is 69.2 Å². The first-order valence-electron chi connectivity index (χ1n) is 5.86. The summed E-state index contributed by atoms with van der Waals surface area (Å²) >= 11 is 0. The van der Waals surface area contributed by atoms with Crippen molar-refractivity contribution in [3.8, 4) is 5.88 Å². The van der Waals surface area contributed by atoms with Gasteiger partial charge in [-0.25, -0.2) is 4.98 Å². The monoisotopic (exact) mass is 249 g/mol. The van der Waals surface area contributed by atoms with Gasteiger partial charge in [-0.2, -0.15) is 4.98 Å². The number of likely N-dealkylation sites (N-methyl/N-ethyl adjacent to an activating group) is 1. The number of pyridine rings is 1. The van der Waals surface area contributed by atoms with E-state index in [0.29, 0.717) is 17.9 Å². The fourth-order valence-corrected chi connectivity index (χ4v) is 1.72. The summed E-state index contributed by atoms with van der Waals surface area (Å²) in [4.78, 5) is 10.8. The summed E-state index contributed by atoms with van der Waals surface area (Å²) in [7, 11) is 5.67. The van der Waals surface area contributed by atoms with Gasteiger partial charge in [-0.05, 0) is 27.1 Å². The molecule has 0 bridgehead atoms. The molecule has 0 aromatic carbocycles. The third kappa shape index (κ3) is 2.24. The van der Waals surface area contributed by atoms with E-state index in [9.17, 15) is 0 Å². The number of nitrogen functional groups attached to an aromatic ring is 1. The van der Waals surface area contributed by atoms with E-state index in [1.165, 1.54) is 0 Å². The van der Waals surface area contributed by atoms with Gasteiger partial charge in [0, 0.05) is 18.7 Å². The molecule has 0 spiro atoms. The summed E-state index contributed by atoms with van der Waals surface area (Å²) in [5.74, 6) is 1.06. The SMILES string of the molecule is COc1ccc2nc(N)n(CC(C)N(C)C)c2n1. The first-order chi connectivity index (χ1) is 8.52. The maximum atomic E-state index is 5.95. The highest BCUT2D eigenvalue weighted by Gasteiger charge is 2.14. The van der Waals surface area contributed by atoms with Gasteiger partial charge in [0.25, 0.3) is 0 Å². The minimum atomic E-state index is 0.345. The Morgan fingerprint density at radius 2 is 2.11 bits per heavy atom. The average molecular weight is 249 g/mol. The number of fused-ring (bicyclic) bond motifs is 1. The van der Waals surface area contributed by atoms with E-state index in [-0.39, 0.29) is 0 Å². The van der Waals surface area contributed by atoms with Crippen molar-refractivity contribution in [1.82, 2.24) is 19.4 Å². The van der Waals surface area contributed by atoms with Crippen LogP contribution in [0.5, 0.6) is 5.88 Å². The third-order valence-corrected chi connectivity index (χ3v) is 3.13. The second kappa shape index (κ2) is 4.81. The number of ether oxygens (including phenoxy) is 1. The number of hydrogen-bond donors (Lipinski definition) is 1. The van der Waals surface area contributed by atoms with Crippen LogP contribution < -0.4 is 10.5 Å². The Morgan fingerprint density at radius 3 is 2.72 bits per heavy atom. The molecule has 2 N–H and O–H groups in total. The molecule has 18 heavy (non-hydrogen) atoms. The lowest BCUT2D eigenvalue weighted by atomic mass is 10.3. The number of aromatic nitrogens is 3. The molecule has 0 saturated heterocycles. The van der Waals surface area contributed by atoms with E-state index < -0.39 is 0 Å². The lowest BCUT2D eigenvalue weighted by Crippen LogP contribution is -2.29. The Kier molecular flexibility index (Phi) is 3.38. The van der Waals surface area contributed by atoms with E-state index in [4.69, 9.17) is 10.5 Å². The van der Waals surface area contributed by atoms with Gasteiger partial charge in [-0.1, -0.05) is 0 Å². The predicted molar refractivity (Wildman–Crippen MR) is 71.6 cm³/mol. The van der Waals surface area contributed by atoms with Crippen LogP contribution >= 0.6 is 0 Å². The second-order valence-electron chi connectivity index (χ2n) is 4.59. The van der Waals surface area contributed by atoms with Gasteiger partial charge in [-0.15, -0.1) is 0 Å². The minimum Gasteiger partial charge on any atom is -0.481 e. The summed E-state index contributed by atoms with van der Waals surface area (Å²) in [5, 5.41) is 0. The van der Waals surface area contributed by atoms with Gasteiger partial charge < -0.3 is 15.4 Å². The summed E-state index contributed by atoms with van der Waals surface area (Å²) in [6.45, 7) is 2.88. The number of anilines is 1. The number of methoxy groups -OCH3 is 1. The summed E-state index contributed by atoms with van der Waals surface area (Å²) in [6, 6.07) is 4.00. The molecule has 1 atom stereocenters. The zero-order valence-corrected chi connectivity index (χ0v) is 11.2. The molecule has 0 fully saturated rings. The molecule has 98 valence electrons. The molecule has 0 aliphatic rings.